The van der Waals surface area contributed by atoms with Crippen molar-refractivity contribution in [3.8, 4) is 0 Å². The minimum absolute atomic E-state index is 0.0184. The summed E-state index contributed by atoms with van der Waals surface area (Å²) in [6.07, 6.45) is 6.20. The Bertz CT molecular complexity index is 839. The van der Waals surface area contributed by atoms with Crippen LogP contribution in [0.4, 0.5) is 0 Å². The summed E-state index contributed by atoms with van der Waals surface area (Å²) in [4.78, 5) is 24.3. The van der Waals surface area contributed by atoms with Crippen molar-refractivity contribution in [1.82, 2.24) is 10.0 Å². The van der Waals surface area contributed by atoms with Gasteiger partial charge in [-0.15, -0.1) is 0 Å². The van der Waals surface area contributed by atoms with Gasteiger partial charge in [0, 0.05) is 6.92 Å². The Kier molecular flexibility index (Phi) is 5.46. The van der Waals surface area contributed by atoms with Crippen LogP contribution in [0.5, 0.6) is 0 Å². The molecule has 0 spiro atoms. The maximum Gasteiger partial charge on any atom is 0.260 e. The van der Waals surface area contributed by atoms with Crippen molar-refractivity contribution in [3.05, 3.63) is 40.3 Å². The summed E-state index contributed by atoms with van der Waals surface area (Å²) in [5.74, 6) is -0.998. The highest BCUT2D eigenvalue weighted by molar-refractivity contribution is 7.94. The van der Waals surface area contributed by atoms with E-state index in [9.17, 15) is 18.0 Å². The van der Waals surface area contributed by atoms with E-state index in [1.165, 1.54) is 6.92 Å². The van der Waals surface area contributed by atoms with Crippen LogP contribution in [0.1, 0.15) is 50.2 Å². The molecule has 0 aromatic heterocycles. The number of carbonyl (C=O) groups is 2. The summed E-state index contributed by atoms with van der Waals surface area (Å²) in [6, 6.07) is 6.82. The maximum absolute atomic E-state index is 12.7. The molecule has 2 aliphatic carbocycles. The topological polar surface area (TPSA) is 92.3 Å². The Morgan fingerprint density at radius 1 is 1.12 bits per heavy atom. The summed E-state index contributed by atoms with van der Waals surface area (Å²) in [6.45, 7) is 1.34. The molecule has 1 aromatic rings. The highest BCUT2D eigenvalue weighted by Gasteiger charge is 2.34. The molecule has 0 aliphatic heterocycles. The molecular weight excluding hydrogens is 352 g/mol. The van der Waals surface area contributed by atoms with Gasteiger partial charge in [0.15, 0.2) is 0 Å². The molecule has 0 heterocycles. The molecule has 1 fully saturated rings. The number of rotatable bonds is 5. The Balaban J connectivity index is 1.78. The molecule has 2 aliphatic rings. The highest BCUT2D eigenvalue weighted by atomic mass is 32.2. The summed E-state index contributed by atoms with van der Waals surface area (Å²) in [5, 5.41) is 2.63. The standard InChI is InChI=1S/C19H24N2O4S/c1-13(22)20-18(15-7-3-4-8-15)19(23)21-26(24,25)17-11-10-14-6-2-5-9-16(14)12-17/h2,5-6,9,12,15,18H,3-4,7-8,10-11H2,1H3,(H,20,22)(H,21,23). The molecule has 140 valence electrons. The van der Waals surface area contributed by atoms with Crippen LogP contribution >= 0.6 is 0 Å². The number of nitrogens with one attached hydrogen (secondary N) is 2. The number of carbonyl (C=O) groups excluding carboxylic acids is 2. The average molecular weight is 376 g/mol. The van der Waals surface area contributed by atoms with Crippen molar-refractivity contribution in [2.24, 2.45) is 5.92 Å². The fourth-order valence-corrected chi connectivity index (χ4v) is 4.96. The first-order valence-corrected chi connectivity index (χ1v) is 10.5. The van der Waals surface area contributed by atoms with E-state index in [-0.39, 0.29) is 16.7 Å². The van der Waals surface area contributed by atoms with Crippen molar-refractivity contribution in [1.29, 1.82) is 0 Å². The smallest absolute Gasteiger partial charge is 0.260 e. The predicted molar refractivity (Wildman–Crippen MR) is 99.4 cm³/mol. The molecule has 26 heavy (non-hydrogen) atoms. The van der Waals surface area contributed by atoms with E-state index in [0.717, 1.165) is 36.8 Å². The molecule has 1 atom stereocenters. The molecule has 1 unspecified atom stereocenters. The fraction of sp³-hybridized carbons (Fsp3) is 0.474. The van der Waals surface area contributed by atoms with Gasteiger partial charge in [-0.1, -0.05) is 37.1 Å². The zero-order chi connectivity index (χ0) is 18.7. The second kappa shape index (κ2) is 7.61. The third-order valence-electron chi connectivity index (χ3n) is 5.10. The lowest BCUT2D eigenvalue weighted by molar-refractivity contribution is -0.128. The third kappa shape index (κ3) is 4.15. The number of hydrogen-bond donors (Lipinski definition) is 2. The Morgan fingerprint density at radius 2 is 1.81 bits per heavy atom. The van der Waals surface area contributed by atoms with E-state index in [1.807, 2.05) is 24.3 Å². The van der Waals surface area contributed by atoms with E-state index in [1.54, 1.807) is 6.08 Å². The van der Waals surface area contributed by atoms with Crippen molar-refractivity contribution < 1.29 is 18.0 Å². The normalized spacial score (nSPS) is 18.6. The van der Waals surface area contributed by atoms with Crippen LogP contribution in [0.2, 0.25) is 0 Å². The summed E-state index contributed by atoms with van der Waals surface area (Å²) < 4.78 is 27.6. The van der Waals surface area contributed by atoms with Gasteiger partial charge in [0.1, 0.15) is 6.04 Å². The van der Waals surface area contributed by atoms with Crippen LogP contribution in [0, 0.1) is 5.92 Å². The van der Waals surface area contributed by atoms with Gasteiger partial charge in [0.2, 0.25) is 5.91 Å². The van der Waals surface area contributed by atoms with Gasteiger partial charge >= 0.3 is 0 Å². The first kappa shape index (κ1) is 18.6. The zero-order valence-electron chi connectivity index (χ0n) is 14.8. The molecular formula is C19H24N2O4S. The van der Waals surface area contributed by atoms with Crippen LogP contribution in [-0.4, -0.2) is 26.3 Å². The first-order chi connectivity index (χ1) is 12.4. The van der Waals surface area contributed by atoms with E-state index in [4.69, 9.17) is 0 Å². The lowest BCUT2D eigenvalue weighted by Gasteiger charge is -2.24. The van der Waals surface area contributed by atoms with Crippen LogP contribution in [0.3, 0.4) is 0 Å². The highest BCUT2D eigenvalue weighted by Crippen LogP contribution is 2.29. The Hall–Kier alpha value is -2.15. The van der Waals surface area contributed by atoms with Crippen LogP contribution in [0.25, 0.3) is 6.08 Å². The quantitative estimate of drug-likeness (QED) is 0.823. The molecule has 0 saturated heterocycles. The van der Waals surface area contributed by atoms with Crippen molar-refractivity contribution >= 4 is 27.9 Å². The minimum atomic E-state index is -3.93. The van der Waals surface area contributed by atoms with Gasteiger partial charge in [-0.25, -0.2) is 13.1 Å². The number of fused-ring (bicyclic) bond motifs is 1. The third-order valence-corrected chi connectivity index (χ3v) is 6.59. The van der Waals surface area contributed by atoms with Gasteiger partial charge in [0.05, 0.1) is 4.91 Å². The van der Waals surface area contributed by atoms with Gasteiger partial charge in [-0.05, 0) is 48.8 Å². The first-order valence-electron chi connectivity index (χ1n) is 8.99. The molecule has 7 heteroatoms. The molecule has 3 rings (SSSR count). The second-order valence-electron chi connectivity index (χ2n) is 7.00. The number of aryl methyl sites for hydroxylation is 1. The lowest BCUT2D eigenvalue weighted by atomic mass is 9.97. The molecule has 2 N–H and O–H groups in total. The lowest BCUT2D eigenvalue weighted by Crippen LogP contribution is -2.51. The molecule has 6 nitrogen and oxygen atoms in total. The number of hydrogen-bond acceptors (Lipinski definition) is 4. The van der Waals surface area contributed by atoms with Crippen molar-refractivity contribution in [2.75, 3.05) is 0 Å². The molecule has 0 radical (unpaired) electrons. The van der Waals surface area contributed by atoms with Crippen molar-refractivity contribution in [3.63, 3.8) is 0 Å². The average Bonchev–Trinajstić information content (AvgIpc) is 3.13. The van der Waals surface area contributed by atoms with Gasteiger partial charge < -0.3 is 5.32 Å². The summed E-state index contributed by atoms with van der Waals surface area (Å²) >= 11 is 0. The number of allylic oxidation sites excluding steroid dienone is 1. The summed E-state index contributed by atoms with van der Waals surface area (Å²) in [5.41, 5.74) is 1.96. The molecule has 2 amide bonds. The monoisotopic (exact) mass is 376 g/mol. The SMILES string of the molecule is CC(=O)NC(C(=O)NS(=O)(=O)C1=Cc2ccccc2CC1)C1CCCC1. The van der Waals surface area contributed by atoms with E-state index in [0.29, 0.717) is 12.8 Å². The molecule has 1 aromatic carbocycles. The van der Waals surface area contributed by atoms with Gasteiger partial charge in [-0.2, -0.15) is 0 Å². The van der Waals surface area contributed by atoms with Crippen molar-refractivity contribution in [2.45, 2.75) is 51.5 Å². The Morgan fingerprint density at radius 3 is 2.50 bits per heavy atom. The molecule has 1 saturated carbocycles. The van der Waals surface area contributed by atoms with E-state index >= 15 is 0 Å². The maximum atomic E-state index is 12.7. The van der Waals surface area contributed by atoms with E-state index < -0.39 is 22.0 Å². The Labute approximate surface area is 154 Å². The van der Waals surface area contributed by atoms with Crippen LogP contribution in [-0.2, 0) is 26.0 Å². The second-order valence-corrected chi connectivity index (χ2v) is 8.74. The fourth-order valence-electron chi connectivity index (χ4n) is 3.79. The number of amides is 2. The largest absolute Gasteiger partial charge is 0.344 e. The summed E-state index contributed by atoms with van der Waals surface area (Å²) in [7, 11) is -3.93. The number of benzene rings is 1. The van der Waals surface area contributed by atoms with Gasteiger partial charge in [-0.3, -0.25) is 9.59 Å². The molecule has 0 bridgehead atoms. The van der Waals surface area contributed by atoms with Crippen LogP contribution < -0.4 is 10.0 Å². The zero-order valence-corrected chi connectivity index (χ0v) is 15.6. The van der Waals surface area contributed by atoms with E-state index in [2.05, 4.69) is 10.0 Å². The number of sulfonamides is 1. The van der Waals surface area contributed by atoms with Gasteiger partial charge in [0.25, 0.3) is 15.9 Å². The minimum Gasteiger partial charge on any atom is -0.344 e. The van der Waals surface area contributed by atoms with Crippen LogP contribution in [0.15, 0.2) is 29.2 Å². The predicted octanol–water partition coefficient (Wildman–Crippen LogP) is 2.11.